The number of aromatic carboxylic acids is 1. The third kappa shape index (κ3) is 6.15. The first-order valence-electron chi connectivity index (χ1n) is 7.17. The van der Waals surface area contributed by atoms with Gasteiger partial charge in [0.25, 0.3) is 0 Å². The average Bonchev–Trinajstić information content (AvgIpc) is 2.42. The van der Waals surface area contributed by atoms with Crippen molar-refractivity contribution in [3.05, 3.63) is 29.8 Å². The van der Waals surface area contributed by atoms with Crippen LogP contribution in [0.5, 0.6) is 0 Å². The fourth-order valence-corrected chi connectivity index (χ4v) is 3.14. The minimum Gasteiger partial charge on any atom is -0.478 e. The highest BCUT2D eigenvalue weighted by Crippen LogP contribution is 2.29. The zero-order chi connectivity index (χ0) is 14.1. The lowest BCUT2D eigenvalue weighted by Crippen LogP contribution is -2.01. The van der Waals surface area contributed by atoms with E-state index in [2.05, 4.69) is 13.8 Å². The van der Waals surface area contributed by atoms with Gasteiger partial charge in [-0.05, 0) is 37.1 Å². The highest BCUT2D eigenvalue weighted by atomic mass is 32.2. The third-order valence-electron chi connectivity index (χ3n) is 3.24. The molecule has 19 heavy (non-hydrogen) atoms. The molecule has 2 nitrogen and oxygen atoms in total. The monoisotopic (exact) mass is 280 g/mol. The number of hydrogen-bond donors (Lipinski definition) is 1. The summed E-state index contributed by atoms with van der Waals surface area (Å²) in [5.41, 5.74) is 0.361. The van der Waals surface area contributed by atoms with Crippen LogP contribution in [0.1, 0.15) is 62.7 Å². The lowest BCUT2D eigenvalue weighted by molar-refractivity contribution is 0.0697. The van der Waals surface area contributed by atoms with Crippen LogP contribution in [-0.2, 0) is 0 Å². The van der Waals surface area contributed by atoms with E-state index < -0.39 is 5.97 Å². The Hall–Kier alpha value is -0.960. The Morgan fingerprint density at radius 2 is 1.84 bits per heavy atom. The molecule has 1 aromatic carbocycles. The van der Waals surface area contributed by atoms with Crippen molar-refractivity contribution in [2.75, 3.05) is 0 Å². The van der Waals surface area contributed by atoms with Crippen LogP contribution >= 0.6 is 11.8 Å². The molecule has 0 radical (unpaired) electrons. The lowest BCUT2D eigenvalue weighted by atomic mass is 10.1. The van der Waals surface area contributed by atoms with E-state index in [0.717, 1.165) is 6.42 Å². The molecular weight excluding hydrogens is 256 g/mol. The summed E-state index contributed by atoms with van der Waals surface area (Å²) >= 11 is 1.87. The Balaban J connectivity index is 2.44. The highest BCUT2D eigenvalue weighted by molar-refractivity contribution is 8.00. The number of thioether (sulfide) groups is 1. The van der Waals surface area contributed by atoms with Crippen molar-refractivity contribution < 1.29 is 9.90 Å². The van der Waals surface area contributed by atoms with Crippen LogP contribution in [0, 0.1) is 0 Å². The number of unbranched alkanes of at least 4 members (excludes halogenated alkanes) is 3. The van der Waals surface area contributed by atoms with Crippen molar-refractivity contribution in [3.8, 4) is 0 Å². The summed E-state index contributed by atoms with van der Waals surface area (Å²) in [6, 6.07) is 7.22. The average molecular weight is 280 g/mol. The van der Waals surface area contributed by atoms with Gasteiger partial charge in [0.1, 0.15) is 0 Å². The second-order valence-electron chi connectivity index (χ2n) is 4.83. The Labute approximate surface area is 120 Å². The van der Waals surface area contributed by atoms with Gasteiger partial charge in [-0.1, -0.05) is 39.5 Å². The largest absolute Gasteiger partial charge is 0.478 e. The van der Waals surface area contributed by atoms with Crippen molar-refractivity contribution >= 4 is 17.7 Å². The molecule has 0 fully saturated rings. The van der Waals surface area contributed by atoms with Gasteiger partial charge in [0.05, 0.1) is 5.56 Å². The van der Waals surface area contributed by atoms with Gasteiger partial charge >= 0.3 is 5.97 Å². The van der Waals surface area contributed by atoms with E-state index in [0.29, 0.717) is 10.8 Å². The first kappa shape index (κ1) is 16.1. The second-order valence-corrected chi connectivity index (χ2v) is 6.20. The molecule has 0 saturated heterocycles. The van der Waals surface area contributed by atoms with Crippen LogP contribution in [-0.4, -0.2) is 16.3 Å². The molecule has 0 aliphatic carbocycles. The second kappa shape index (κ2) is 9.03. The highest BCUT2D eigenvalue weighted by Gasteiger charge is 2.09. The molecular formula is C16H24O2S. The topological polar surface area (TPSA) is 37.3 Å². The van der Waals surface area contributed by atoms with Crippen LogP contribution in [0.3, 0.4) is 0 Å². The molecule has 1 rings (SSSR count). The Morgan fingerprint density at radius 3 is 2.37 bits per heavy atom. The molecule has 0 amide bonds. The predicted octanol–water partition coefficient (Wildman–Crippen LogP) is 5.23. The zero-order valence-electron chi connectivity index (χ0n) is 11.9. The van der Waals surface area contributed by atoms with Gasteiger partial charge in [-0.2, -0.15) is 0 Å². The number of hydrogen-bond acceptors (Lipinski definition) is 2. The standard InChI is InChI=1S/C16H24O2S/c1-3-5-6-7-8-14(4-2)19-15-11-9-13(10-12-15)16(17)18/h9-12,14H,3-8H2,1-2H3,(H,17,18). The molecule has 0 spiro atoms. The number of carboxylic acid groups (broad SMARTS) is 1. The van der Waals surface area contributed by atoms with E-state index >= 15 is 0 Å². The van der Waals surface area contributed by atoms with Gasteiger partial charge in [0, 0.05) is 10.1 Å². The van der Waals surface area contributed by atoms with E-state index in [1.165, 1.54) is 37.0 Å². The molecule has 106 valence electrons. The van der Waals surface area contributed by atoms with Gasteiger partial charge < -0.3 is 5.11 Å². The number of carboxylic acids is 1. The summed E-state index contributed by atoms with van der Waals surface area (Å²) in [7, 11) is 0. The number of carbonyl (C=O) groups is 1. The maximum absolute atomic E-state index is 10.8. The first-order valence-corrected chi connectivity index (χ1v) is 8.05. The summed E-state index contributed by atoms with van der Waals surface area (Å²) in [5.74, 6) is -0.858. The van der Waals surface area contributed by atoms with Crippen molar-refractivity contribution in [2.24, 2.45) is 0 Å². The van der Waals surface area contributed by atoms with Crippen molar-refractivity contribution in [1.29, 1.82) is 0 Å². The maximum Gasteiger partial charge on any atom is 0.335 e. The van der Waals surface area contributed by atoms with Gasteiger partial charge in [0.2, 0.25) is 0 Å². The molecule has 0 saturated carbocycles. The summed E-state index contributed by atoms with van der Waals surface area (Å²) in [6.45, 7) is 4.46. The van der Waals surface area contributed by atoms with Gasteiger partial charge in [0.15, 0.2) is 0 Å². The Kier molecular flexibility index (Phi) is 7.65. The molecule has 0 aromatic heterocycles. The quantitative estimate of drug-likeness (QED) is 0.497. The molecule has 0 heterocycles. The molecule has 1 unspecified atom stereocenters. The number of benzene rings is 1. The predicted molar refractivity (Wildman–Crippen MR) is 82.1 cm³/mol. The summed E-state index contributed by atoms with van der Waals surface area (Å²) < 4.78 is 0. The van der Waals surface area contributed by atoms with Crippen LogP contribution in [0.15, 0.2) is 29.2 Å². The fourth-order valence-electron chi connectivity index (χ4n) is 2.01. The maximum atomic E-state index is 10.8. The van der Waals surface area contributed by atoms with Crippen LogP contribution < -0.4 is 0 Å². The van der Waals surface area contributed by atoms with E-state index in [1.807, 2.05) is 23.9 Å². The van der Waals surface area contributed by atoms with E-state index in [1.54, 1.807) is 12.1 Å². The smallest absolute Gasteiger partial charge is 0.335 e. The molecule has 1 atom stereocenters. The first-order chi connectivity index (χ1) is 9.17. The molecule has 0 aliphatic heterocycles. The van der Waals surface area contributed by atoms with Gasteiger partial charge in [-0.15, -0.1) is 11.8 Å². The normalized spacial score (nSPS) is 12.3. The fraction of sp³-hybridized carbons (Fsp3) is 0.562. The summed E-state index contributed by atoms with van der Waals surface area (Å²) in [6.07, 6.45) is 7.65. The summed E-state index contributed by atoms with van der Waals surface area (Å²) in [5, 5.41) is 9.51. The van der Waals surface area contributed by atoms with Crippen molar-refractivity contribution in [3.63, 3.8) is 0 Å². The van der Waals surface area contributed by atoms with E-state index in [-0.39, 0.29) is 0 Å². The molecule has 1 aromatic rings. The van der Waals surface area contributed by atoms with Crippen molar-refractivity contribution in [1.82, 2.24) is 0 Å². The minimum atomic E-state index is -0.858. The van der Waals surface area contributed by atoms with E-state index in [4.69, 9.17) is 5.11 Å². The molecule has 1 N–H and O–H groups in total. The van der Waals surface area contributed by atoms with Crippen molar-refractivity contribution in [2.45, 2.75) is 62.5 Å². The third-order valence-corrected chi connectivity index (χ3v) is 4.69. The molecule has 0 bridgehead atoms. The Morgan fingerprint density at radius 1 is 1.16 bits per heavy atom. The Bertz CT molecular complexity index is 373. The minimum absolute atomic E-state index is 0.361. The van der Waals surface area contributed by atoms with Gasteiger partial charge in [-0.25, -0.2) is 4.79 Å². The van der Waals surface area contributed by atoms with Crippen LogP contribution in [0.4, 0.5) is 0 Å². The van der Waals surface area contributed by atoms with Crippen LogP contribution in [0.2, 0.25) is 0 Å². The lowest BCUT2D eigenvalue weighted by Gasteiger charge is -2.14. The van der Waals surface area contributed by atoms with Gasteiger partial charge in [-0.3, -0.25) is 0 Å². The van der Waals surface area contributed by atoms with E-state index in [9.17, 15) is 4.79 Å². The van der Waals surface area contributed by atoms with Crippen LogP contribution in [0.25, 0.3) is 0 Å². The summed E-state index contributed by atoms with van der Waals surface area (Å²) in [4.78, 5) is 12.0. The molecule has 3 heteroatoms. The molecule has 0 aliphatic rings. The SMILES string of the molecule is CCCCCCC(CC)Sc1ccc(C(=O)O)cc1. The number of rotatable bonds is 9. The zero-order valence-corrected chi connectivity index (χ0v) is 12.7.